The van der Waals surface area contributed by atoms with Gasteiger partial charge >= 0.3 is 0 Å². The van der Waals surface area contributed by atoms with Gasteiger partial charge < -0.3 is 15.7 Å². The van der Waals surface area contributed by atoms with Gasteiger partial charge in [-0.1, -0.05) is 6.07 Å². The van der Waals surface area contributed by atoms with Crippen LogP contribution < -0.4 is 10.6 Å². The number of hydrogen-bond acceptors (Lipinski definition) is 4. The zero-order valence-electron chi connectivity index (χ0n) is 8.90. The molecule has 1 aromatic rings. The lowest BCUT2D eigenvalue weighted by Gasteiger charge is -2.32. The number of nitrogens with zero attached hydrogens (tertiary/aromatic N) is 1. The van der Waals surface area contributed by atoms with Crippen LogP contribution in [0.1, 0.15) is 19.8 Å². The molecule has 4 nitrogen and oxygen atoms in total. The monoisotopic (exact) mass is 207 g/mol. The molecule has 0 atom stereocenters. The smallest absolute Gasteiger partial charge is 0.128 e. The average molecular weight is 207 g/mol. The molecule has 0 bridgehead atoms. The third-order valence-electron chi connectivity index (χ3n) is 2.57. The molecule has 1 saturated carbocycles. The maximum Gasteiger partial charge on any atom is 0.128 e. The fraction of sp³-hybridized carbons (Fsp3) is 0.545. The molecule has 1 aliphatic rings. The average Bonchev–Trinajstić information content (AvgIpc) is 2.17. The van der Waals surface area contributed by atoms with Gasteiger partial charge in [0.05, 0.1) is 6.10 Å². The van der Waals surface area contributed by atoms with Crippen molar-refractivity contribution in [2.24, 2.45) is 0 Å². The highest BCUT2D eigenvalue weighted by molar-refractivity contribution is 5.45. The Bertz CT molecular complexity index is 323. The zero-order chi connectivity index (χ0) is 10.7. The van der Waals surface area contributed by atoms with E-state index in [1.165, 1.54) is 0 Å². The van der Waals surface area contributed by atoms with Crippen LogP contribution in [0.2, 0.25) is 0 Å². The van der Waals surface area contributed by atoms with Crippen molar-refractivity contribution in [1.82, 2.24) is 4.98 Å². The van der Waals surface area contributed by atoms with Gasteiger partial charge in [-0.15, -0.1) is 0 Å². The van der Waals surface area contributed by atoms with Crippen LogP contribution in [-0.2, 0) is 0 Å². The summed E-state index contributed by atoms with van der Waals surface area (Å²) in [4.78, 5) is 4.41. The van der Waals surface area contributed by atoms with E-state index in [-0.39, 0.29) is 6.10 Å². The quantitative estimate of drug-likeness (QED) is 0.699. The third-order valence-corrected chi connectivity index (χ3v) is 2.57. The second kappa shape index (κ2) is 4.49. The maximum absolute atomic E-state index is 9.16. The standard InChI is InChI=1S/C11H17N3O/c1-2-12-10-4-3-5-11(14-10)13-8-6-9(15)7-8/h3-5,8-9,15H,2,6-7H2,1H3,(H2,12,13,14). The first-order valence-corrected chi connectivity index (χ1v) is 5.43. The van der Waals surface area contributed by atoms with Gasteiger partial charge in [0.15, 0.2) is 0 Å². The minimum Gasteiger partial charge on any atom is -0.393 e. The van der Waals surface area contributed by atoms with Crippen molar-refractivity contribution < 1.29 is 5.11 Å². The Hall–Kier alpha value is -1.29. The van der Waals surface area contributed by atoms with E-state index in [0.29, 0.717) is 6.04 Å². The molecule has 3 N–H and O–H groups in total. The number of pyridine rings is 1. The fourth-order valence-electron chi connectivity index (χ4n) is 1.71. The van der Waals surface area contributed by atoms with Crippen LogP contribution >= 0.6 is 0 Å². The molecule has 1 aromatic heterocycles. The predicted molar refractivity (Wildman–Crippen MR) is 61.1 cm³/mol. The second-order valence-electron chi connectivity index (χ2n) is 3.90. The predicted octanol–water partition coefficient (Wildman–Crippen LogP) is 1.45. The molecule has 0 saturated heterocycles. The SMILES string of the molecule is CCNc1cccc(NC2CC(O)C2)n1. The second-order valence-corrected chi connectivity index (χ2v) is 3.90. The van der Waals surface area contributed by atoms with Gasteiger partial charge in [-0.2, -0.15) is 0 Å². The first-order chi connectivity index (χ1) is 7.28. The molecule has 0 aliphatic heterocycles. The van der Waals surface area contributed by atoms with Crippen LogP contribution in [0.3, 0.4) is 0 Å². The molecule has 0 aromatic carbocycles. The van der Waals surface area contributed by atoms with Crippen LogP contribution in [-0.4, -0.2) is 28.8 Å². The highest BCUT2D eigenvalue weighted by Gasteiger charge is 2.26. The van der Waals surface area contributed by atoms with E-state index in [4.69, 9.17) is 5.11 Å². The summed E-state index contributed by atoms with van der Waals surface area (Å²) >= 11 is 0. The van der Waals surface area contributed by atoms with Gasteiger partial charge in [-0.05, 0) is 31.9 Å². The first kappa shape index (κ1) is 10.2. The lowest BCUT2D eigenvalue weighted by atomic mass is 9.89. The van der Waals surface area contributed by atoms with E-state index in [9.17, 15) is 0 Å². The Balaban J connectivity index is 1.93. The van der Waals surface area contributed by atoms with Crippen molar-refractivity contribution in [2.75, 3.05) is 17.2 Å². The molecule has 1 aliphatic carbocycles. The minimum atomic E-state index is -0.126. The summed E-state index contributed by atoms with van der Waals surface area (Å²) in [5, 5.41) is 15.6. The van der Waals surface area contributed by atoms with Crippen molar-refractivity contribution in [1.29, 1.82) is 0 Å². The number of aliphatic hydroxyl groups is 1. The van der Waals surface area contributed by atoms with Crippen molar-refractivity contribution in [3.63, 3.8) is 0 Å². The molecule has 4 heteroatoms. The number of rotatable bonds is 4. The summed E-state index contributed by atoms with van der Waals surface area (Å²) < 4.78 is 0. The molecule has 1 heterocycles. The van der Waals surface area contributed by atoms with Crippen LogP contribution in [0.4, 0.5) is 11.6 Å². The molecular weight excluding hydrogens is 190 g/mol. The number of anilines is 2. The summed E-state index contributed by atoms with van der Waals surface area (Å²) in [6.45, 7) is 2.92. The van der Waals surface area contributed by atoms with E-state index in [1.807, 2.05) is 25.1 Å². The third kappa shape index (κ3) is 2.59. The number of aromatic nitrogens is 1. The van der Waals surface area contributed by atoms with Gasteiger partial charge in [0, 0.05) is 12.6 Å². The van der Waals surface area contributed by atoms with Crippen LogP contribution in [0, 0.1) is 0 Å². The van der Waals surface area contributed by atoms with Crippen LogP contribution in [0.25, 0.3) is 0 Å². The largest absolute Gasteiger partial charge is 0.393 e. The highest BCUT2D eigenvalue weighted by atomic mass is 16.3. The maximum atomic E-state index is 9.16. The van der Waals surface area contributed by atoms with Gasteiger partial charge in [0.25, 0.3) is 0 Å². The topological polar surface area (TPSA) is 57.2 Å². The lowest BCUT2D eigenvalue weighted by molar-refractivity contribution is 0.0835. The Labute approximate surface area is 89.7 Å². The van der Waals surface area contributed by atoms with Gasteiger partial charge in [0.1, 0.15) is 11.6 Å². The zero-order valence-corrected chi connectivity index (χ0v) is 8.90. The molecule has 1 fully saturated rings. The summed E-state index contributed by atoms with van der Waals surface area (Å²) in [5.41, 5.74) is 0. The van der Waals surface area contributed by atoms with E-state index in [1.54, 1.807) is 0 Å². The molecule has 82 valence electrons. The summed E-state index contributed by atoms with van der Waals surface area (Å²) in [6, 6.07) is 6.25. The van der Waals surface area contributed by atoms with E-state index in [2.05, 4.69) is 15.6 Å². The lowest BCUT2D eigenvalue weighted by Crippen LogP contribution is -2.39. The summed E-state index contributed by atoms with van der Waals surface area (Å²) in [6.07, 6.45) is 1.53. The van der Waals surface area contributed by atoms with Crippen molar-refractivity contribution in [3.05, 3.63) is 18.2 Å². The van der Waals surface area contributed by atoms with Crippen LogP contribution in [0.5, 0.6) is 0 Å². The highest BCUT2D eigenvalue weighted by Crippen LogP contribution is 2.23. The number of aliphatic hydroxyl groups excluding tert-OH is 1. The Morgan fingerprint density at radius 3 is 2.80 bits per heavy atom. The minimum absolute atomic E-state index is 0.126. The van der Waals surface area contributed by atoms with Crippen LogP contribution in [0.15, 0.2) is 18.2 Å². The normalized spacial score (nSPS) is 24.4. The van der Waals surface area contributed by atoms with Crippen molar-refractivity contribution >= 4 is 11.6 Å². The molecule has 0 unspecified atom stereocenters. The number of hydrogen-bond donors (Lipinski definition) is 3. The number of nitrogens with one attached hydrogen (secondary N) is 2. The Morgan fingerprint density at radius 2 is 2.13 bits per heavy atom. The molecule has 0 radical (unpaired) electrons. The molecule has 0 amide bonds. The fourth-order valence-corrected chi connectivity index (χ4v) is 1.71. The molecular formula is C11H17N3O. The summed E-state index contributed by atoms with van der Waals surface area (Å²) in [5.74, 6) is 1.77. The van der Waals surface area contributed by atoms with Crippen molar-refractivity contribution in [3.8, 4) is 0 Å². The van der Waals surface area contributed by atoms with E-state index in [0.717, 1.165) is 31.0 Å². The van der Waals surface area contributed by atoms with E-state index < -0.39 is 0 Å². The first-order valence-electron chi connectivity index (χ1n) is 5.43. The molecule has 2 rings (SSSR count). The van der Waals surface area contributed by atoms with Gasteiger partial charge in [0.2, 0.25) is 0 Å². The molecule has 15 heavy (non-hydrogen) atoms. The van der Waals surface area contributed by atoms with Gasteiger partial charge in [-0.25, -0.2) is 4.98 Å². The molecule has 0 spiro atoms. The Morgan fingerprint density at radius 1 is 1.40 bits per heavy atom. The van der Waals surface area contributed by atoms with Gasteiger partial charge in [-0.3, -0.25) is 0 Å². The summed E-state index contributed by atoms with van der Waals surface area (Å²) in [7, 11) is 0. The van der Waals surface area contributed by atoms with E-state index >= 15 is 0 Å². The van der Waals surface area contributed by atoms with Crippen molar-refractivity contribution in [2.45, 2.75) is 31.9 Å². The Kier molecular flexibility index (Phi) is 3.06.